The van der Waals surface area contributed by atoms with Gasteiger partial charge in [0.15, 0.2) is 0 Å². The minimum absolute atomic E-state index is 0. The zero-order chi connectivity index (χ0) is 10.7. The molecule has 72 valence electrons. The molecular weight excluding hydrogens is 1370 g/mol. The molecule has 0 saturated heterocycles. The second-order valence-corrected chi connectivity index (χ2v) is 0.866. The van der Waals surface area contributed by atoms with Crippen LogP contribution in [0.4, 0.5) is 0 Å². The Kier molecular flexibility index (Phi) is 263. The van der Waals surface area contributed by atoms with E-state index in [1.54, 1.807) is 0 Å². The molecule has 0 spiro atoms. The van der Waals surface area contributed by atoms with Crippen molar-refractivity contribution < 1.29 is 665 Å². The van der Waals surface area contributed by atoms with Crippen LogP contribution in [0.25, 0.3) is 0 Å². The molecule has 0 unspecified atom stereocenters. The molecule has 21 heteroatoms. The first-order valence-corrected chi connectivity index (χ1v) is 2.12. The van der Waals surface area contributed by atoms with Crippen molar-refractivity contribution in [3.63, 3.8) is 0 Å². The van der Waals surface area contributed by atoms with Crippen LogP contribution in [0.5, 0.6) is 0 Å². The van der Waals surface area contributed by atoms with E-state index in [-0.39, 0.29) is 620 Å². The molecule has 0 fully saturated rings. The van der Waals surface area contributed by atoms with Gasteiger partial charge in [-0.3, -0.25) is 22.0 Å². The summed E-state index contributed by atoms with van der Waals surface area (Å²) < 4.78 is 0. The van der Waals surface area contributed by atoms with E-state index < -0.39 is 22.0 Å². The third-order valence-electron chi connectivity index (χ3n) is 0. The second-order valence-electron chi connectivity index (χ2n) is 0.866. The van der Waals surface area contributed by atoms with Gasteiger partial charge in [-0.05, 0) is 0 Å². The van der Waals surface area contributed by atoms with Crippen LogP contribution in [0.3, 0.4) is 0 Å². The molecule has 0 saturated carbocycles. The van der Waals surface area contributed by atoms with Gasteiger partial charge in [-0.25, -0.2) is 0 Å². The van der Waals surface area contributed by atoms with Crippen molar-refractivity contribution in [2.75, 3.05) is 0 Å². The van der Waals surface area contributed by atoms with E-state index in [1.165, 1.54) is 0 Å². The van der Waals surface area contributed by atoms with Crippen molar-refractivity contribution in [3.8, 4) is 0 Å². The molecule has 9 nitrogen and oxygen atoms in total. The normalized spacial score (nSPS) is 3.86. The molecular formula is B3Cs9O9. The van der Waals surface area contributed by atoms with Gasteiger partial charge in [0.25, 0.3) is 0 Å². The quantitative estimate of drug-likeness (QED) is 0.211. The largest absolute Gasteiger partial charge is 1.00 e. The molecule has 0 aliphatic heterocycles. The molecule has 21 heavy (non-hydrogen) atoms. The van der Waals surface area contributed by atoms with Gasteiger partial charge in [0.05, 0.1) is 0 Å². The van der Waals surface area contributed by atoms with Gasteiger partial charge in [-0.1, -0.05) is 0 Å². The summed E-state index contributed by atoms with van der Waals surface area (Å²) in [6, 6.07) is 0. The Morgan fingerprint density at radius 2 is 0.238 bits per heavy atom. The molecule has 0 heterocycles. The molecule has 0 aromatic rings. The smallest absolute Gasteiger partial charge is 0.907 e. The molecule has 0 N–H and O–H groups in total. The van der Waals surface area contributed by atoms with Crippen LogP contribution in [-0.4, -0.2) is 22.0 Å². The fraction of sp³-hybridized carbons (Fsp3) is 0. The predicted molar refractivity (Wildman–Crippen MR) is 17.3 cm³/mol. The Morgan fingerprint density at radius 3 is 0.238 bits per heavy atom. The zero-order valence-corrected chi connectivity index (χ0v) is 70.9. The Labute approximate surface area is 656 Å². The fourth-order valence-corrected chi connectivity index (χ4v) is 0. The van der Waals surface area contributed by atoms with Gasteiger partial charge in [-0.2, -0.15) is 0 Å². The molecule has 0 atom stereocenters. The number of hydrogen-bond acceptors (Lipinski definition) is 9. The molecule has 0 aliphatic rings. The third-order valence-corrected chi connectivity index (χ3v) is 0. The average molecular weight is 1370 g/mol. The summed E-state index contributed by atoms with van der Waals surface area (Å²) in [5, 5.41) is 75.8. The van der Waals surface area contributed by atoms with Crippen molar-refractivity contribution in [2.45, 2.75) is 0 Å². The summed E-state index contributed by atoms with van der Waals surface area (Å²) in [5.41, 5.74) is 0. The first-order chi connectivity index (χ1) is 5.20. The molecule has 0 aromatic carbocycles. The predicted octanol–water partition coefficient (Wildman–Crippen LogP) is -38.8. The Morgan fingerprint density at radius 1 is 0.238 bits per heavy atom. The van der Waals surface area contributed by atoms with Crippen LogP contribution < -0.4 is 665 Å². The average Bonchev–Trinajstić information content (AvgIpc) is 1.54. The summed E-state index contributed by atoms with van der Waals surface area (Å²) in [6.07, 6.45) is 0. The van der Waals surface area contributed by atoms with Crippen LogP contribution in [0.1, 0.15) is 0 Å². The van der Waals surface area contributed by atoms with Crippen LogP contribution in [0.2, 0.25) is 0 Å². The van der Waals surface area contributed by atoms with Crippen LogP contribution in [0, 0.1) is 0 Å². The van der Waals surface area contributed by atoms with Gasteiger partial charge in [0.1, 0.15) is 0 Å². The standard InChI is InChI=1S/3BO3.9Cs/c3*2-1(3)4;;;;;;;;;/q3*-3;9*+1. The maximum absolute atomic E-state index is 8.42. The van der Waals surface area contributed by atoms with Crippen molar-refractivity contribution >= 4 is 22.0 Å². The third kappa shape index (κ3) is 151. The second kappa shape index (κ2) is 71.5. The van der Waals surface area contributed by atoms with Crippen molar-refractivity contribution in [3.05, 3.63) is 0 Å². The van der Waals surface area contributed by atoms with Gasteiger partial charge in [0, 0.05) is 0 Å². The number of hydrogen-bond donors (Lipinski definition) is 0. The van der Waals surface area contributed by atoms with Crippen LogP contribution in [-0.2, 0) is 0 Å². The molecule has 0 aliphatic carbocycles. The van der Waals surface area contributed by atoms with Crippen molar-refractivity contribution in [2.24, 2.45) is 0 Å². The van der Waals surface area contributed by atoms with Crippen molar-refractivity contribution in [1.82, 2.24) is 0 Å². The summed E-state index contributed by atoms with van der Waals surface area (Å²) >= 11 is 0. The molecule has 0 amide bonds. The molecule has 0 radical (unpaired) electrons. The van der Waals surface area contributed by atoms with Gasteiger partial charge in [-0.15, -0.1) is 0 Å². The molecule has 0 bridgehead atoms. The summed E-state index contributed by atoms with van der Waals surface area (Å²) in [5.74, 6) is 0. The van der Waals surface area contributed by atoms with E-state index in [2.05, 4.69) is 0 Å². The minimum Gasteiger partial charge on any atom is -0.907 e. The topological polar surface area (TPSA) is 208 Å². The monoisotopic (exact) mass is 1370 g/mol. The van der Waals surface area contributed by atoms with E-state index in [9.17, 15) is 0 Å². The number of rotatable bonds is 0. The van der Waals surface area contributed by atoms with E-state index in [1.807, 2.05) is 0 Å². The van der Waals surface area contributed by atoms with E-state index in [4.69, 9.17) is 45.2 Å². The first kappa shape index (κ1) is 77.4. The maximum Gasteiger partial charge on any atom is 1.00 e. The Bertz CT molecular complexity index is 59.0. The Balaban J connectivity index is -0.00000000476. The summed E-state index contributed by atoms with van der Waals surface area (Å²) in [6.45, 7) is 0. The van der Waals surface area contributed by atoms with Crippen molar-refractivity contribution in [1.29, 1.82) is 0 Å². The molecule has 0 rings (SSSR count). The first-order valence-electron chi connectivity index (χ1n) is 2.12. The van der Waals surface area contributed by atoms with E-state index in [0.717, 1.165) is 0 Å². The fourth-order valence-electron chi connectivity index (χ4n) is 0. The van der Waals surface area contributed by atoms with E-state index in [0.29, 0.717) is 0 Å². The summed E-state index contributed by atoms with van der Waals surface area (Å²) in [7, 11) is -8.75. The van der Waals surface area contributed by atoms with Gasteiger partial charge < -0.3 is 45.2 Å². The maximum atomic E-state index is 8.42. The van der Waals surface area contributed by atoms with Gasteiger partial charge in [0.2, 0.25) is 0 Å². The van der Waals surface area contributed by atoms with Crippen LogP contribution in [0.15, 0.2) is 0 Å². The van der Waals surface area contributed by atoms with E-state index >= 15 is 0 Å². The Hall–Kier alpha value is 18.3. The van der Waals surface area contributed by atoms with Gasteiger partial charge >= 0.3 is 620 Å². The zero-order valence-electron chi connectivity index (χ0n) is 14.4. The summed E-state index contributed by atoms with van der Waals surface area (Å²) in [4.78, 5) is 0. The minimum atomic E-state index is -2.92. The van der Waals surface area contributed by atoms with Crippen LogP contribution >= 0.6 is 0 Å². The SMILES string of the molecule is [Cs+].[Cs+].[Cs+].[Cs+].[Cs+].[Cs+].[Cs+].[Cs+].[Cs+].[O-]B([O-])[O-].[O-]B([O-])[O-].[O-]B([O-])[O-]. The molecule has 0 aromatic heterocycles.